The third-order valence-corrected chi connectivity index (χ3v) is 3.75. The van der Waals surface area contributed by atoms with Crippen LogP contribution in [-0.4, -0.2) is 12.4 Å². The molecule has 0 aliphatic heterocycles. The molecule has 2 nitrogen and oxygen atoms in total. The minimum absolute atomic E-state index is 0.282. The molecule has 0 saturated heterocycles. The van der Waals surface area contributed by atoms with Crippen LogP contribution in [0.3, 0.4) is 0 Å². The van der Waals surface area contributed by atoms with Gasteiger partial charge in [0.05, 0.1) is 6.61 Å². The molecule has 0 saturated carbocycles. The molecule has 0 amide bonds. The molecule has 1 unspecified atom stereocenters. The van der Waals surface area contributed by atoms with E-state index in [4.69, 9.17) is 4.74 Å². The van der Waals surface area contributed by atoms with Crippen LogP contribution in [0.1, 0.15) is 70.4 Å². The Morgan fingerprint density at radius 3 is 2.55 bits per heavy atom. The molecule has 0 radical (unpaired) electrons. The molecule has 0 aliphatic carbocycles. The Hall–Kier alpha value is -1.31. The average molecular weight is 276 g/mol. The lowest BCUT2D eigenvalue weighted by Crippen LogP contribution is -2.05. The summed E-state index contributed by atoms with van der Waals surface area (Å²) in [5, 5.41) is 0. The molecule has 20 heavy (non-hydrogen) atoms. The van der Waals surface area contributed by atoms with Crippen molar-refractivity contribution < 1.29 is 9.53 Å². The largest absolute Gasteiger partial charge is 0.494 e. The summed E-state index contributed by atoms with van der Waals surface area (Å²) in [6.07, 6.45) is 4.74. The summed E-state index contributed by atoms with van der Waals surface area (Å²) in [6.45, 7) is 8.94. The molecular weight excluding hydrogens is 248 g/mol. The normalized spacial score (nSPS) is 12.2. The van der Waals surface area contributed by atoms with Crippen LogP contribution >= 0.6 is 0 Å². The van der Waals surface area contributed by atoms with E-state index in [1.54, 1.807) is 6.92 Å². The topological polar surface area (TPSA) is 26.3 Å². The van der Waals surface area contributed by atoms with Crippen LogP contribution in [0.15, 0.2) is 18.2 Å². The van der Waals surface area contributed by atoms with Gasteiger partial charge in [0, 0.05) is 6.42 Å². The van der Waals surface area contributed by atoms with Gasteiger partial charge in [0.25, 0.3) is 0 Å². The zero-order valence-corrected chi connectivity index (χ0v) is 13.4. The van der Waals surface area contributed by atoms with Crippen molar-refractivity contribution in [2.75, 3.05) is 6.61 Å². The third kappa shape index (κ3) is 4.99. The van der Waals surface area contributed by atoms with Gasteiger partial charge in [-0.3, -0.25) is 0 Å². The van der Waals surface area contributed by atoms with Crippen molar-refractivity contribution in [1.82, 2.24) is 0 Å². The van der Waals surface area contributed by atoms with Crippen molar-refractivity contribution in [3.63, 3.8) is 0 Å². The van der Waals surface area contributed by atoms with E-state index < -0.39 is 0 Å². The fourth-order valence-corrected chi connectivity index (χ4v) is 2.55. The summed E-state index contributed by atoms with van der Waals surface area (Å²) < 4.78 is 5.71. The van der Waals surface area contributed by atoms with Gasteiger partial charge in [-0.25, -0.2) is 0 Å². The van der Waals surface area contributed by atoms with Gasteiger partial charge in [-0.05, 0) is 61.8 Å². The Kier molecular flexibility index (Phi) is 7.35. The first-order valence-corrected chi connectivity index (χ1v) is 7.87. The zero-order valence-electron chi connectivity index (χ0n) is 13.4. The maximum atomic E-state index is 11.2. The predicted molar refractivity (Wildman–Crippen MR) is 84.6 cm³/mol. The van der Waals surface area contributed by atoms with E-state index in [0.717, 1.165) is 38.0 Å². The van der Waals surface area contributed by atoms with Crippen molar-refractivity contribution >= 4 is 5.78 Å². The lowest BCUT2D eigenvalue weighted by Gasteiger charge is -2.19. The van der Waals surface area contributed by atoms with E-state index in [1.807, 2.05) is 0 Å². The Balaban J connectivity index is 2.88. The van der Waals surface area contributed by atoms with Crippen LogP contribution < -0.4 is 4.74 Å². The van der Waals surface area contributed by atoms with Crippen LogP contribution in [0.2, 0.25) is 0 Å². The highest BCUT2D eigenvalue weighted by atomic mass is 16.5. The van der Waals surface area contributed by atoms with E-state index in [2.05, 4.69) is 39.0 Å². The summed E-state index contributed by atoms with van der Waals surface area (Å²) in [5.41, 5.74) is 2.74. The number of ether oxygens (including phenoxy) is 1. The Morgan fingerprint density at radius 1 is 1.25 bits per heavy atom. The van der Waals surface area contributed by atoms with Crippen LogP contribution in [0.5, 0.6) is 5.75 Å². The number of aryl methyl sites for hydroxylation is 1. The molecule has 0 fully saturated rings. The predicted octanol–water partition coefficient (Wildman–Crippen LogP) is 4.90. The molecule has 2 heteroatoms. The maximum absolute atomic E-state index is 11.2. The van der Waals surface area contributed by atoms with Gasteiger partial charge < -0.3 is 9.53 Å². The van der Waals surface area contributed by atoms with Crippen molar-refractivity contribution in [3.8, 4) is 5.75 Å². The summed E-state index contributed by atoms with van der Waals surface area (Å²) in [4.78, 5) is 11.2. The Morgan fingerprint density at radius 2 is 2.00 bits per heavy atom. The summed E-state index contributed by atoms with van der Waals surface area (Å²) >= 11 is 0. The molecule has 1 aromatic rings. The fourth-order valence-electron chi connectivity index (χ4n) is 2.55. The van der Waals surface area contributed by atoms with Gasteiger partial charge in [-0.2, -0.15) is 0 Å². The molecular formula is C18H28O2. The Labute approximate surface area is 123 Å². The molecule has 112 valence electrons. The molecule has 1 aromatic carbocycles. The zero-order chi connectivity index (χ0) is 15.0. The van der Waals surface area contributed by atoms with E-state index in [-0.39, 0.29) is 5.78 Å². The highest BCUT2D eigenvalue weighted by Crippen LogP contribution is 2.30. The second-order valence-corrected chi connectivity index (χ2v) is 5.41. The van der Waals surface area contributed by atoms with E-state index in [0.29, 0.717) is 12.3 Å². The van der Waals surface area contributed by atoms with E-state index >= 15 is 0 Å². The summed E-state index contributed by atoms with van der Waals surface area (Å²) in [7, 11) is 0. The molecule has 0 N–H and O–H groups in total. The van der Waals surface area contributed by atoms with Crippen LogP contribution in [0.4, 0.5) is 0 Å². The molecule has 0 spiro atoms. The third-order valence-electron chi connectivity index (χ3n) is 3.75. The van der Waals surface area contributed by atoms with E-state index in [1.165, 1.54) is 11.1 Å². The number of ketones is 1. The van der Waals surface area contributed by atoms with Gasteiger partial charge in [0.15, 0.2) is 0 Å². The Bertz CT molecular complexity index is 423. The first kappa shape index (κ1) is 16.7. The number of rotatable bonds is 9. The minimum atomic E-state index is 0.282. The van der Waals surface area contributed by atoms with Crippen LogP contribution in [0, 0.1) is 0 Å². The molecule has 0 aliphatic rings. The quantitative estimate of drug-likeness (QED) is 0.641. The smallest absolute Gasteiger partial charge is 0.129 e. The van der Waals surface area contributed by atoms with Crippen molar-refractivity contribution in [1.29, 1.82) is 0 Å². The van der Waals surface area contributed by atoms with Crippen LogP contribution in [-0.2, 0) is 11.2 Å². The van der Waals surface area contributed by atoms with Gasteiger partial charge in [0.1, 0.15) is 11.5 Å². The molecule has 1 atom stereocenters. The van der Waals surface area contributed by atoms with Gasteiger partial charge >= 0.3 is 0 Å². The van der Waals surface area contributed by atoms with Crippen molar-refractivity contribution in [2.45, 2.75) is 65.7 Å². The first-order valence-electron chi connectivity index (χ1n) is 7.87. The highest BCUT2D eigenvalue weighted by molar-refractivity contribution is 5.75. The fraction of sp³-hybridized carbons (Fsp3) is 0.611. The number of benzene rings is 1. The molecule has 1 rings (SSSR count). The van der Waals surface area contributed by atoms with Gasteiger partial charge in [-0.15, -0.1) is 0 Å². The SMILES string of the molecule is CCCOc1ccc(C(CC)CCC(C)=O)c(CC)c1. The summed E-state index contributed by atoms with van der Waals surface area (Å²) in [5.74, 6) is 1.73. The molecule has 0 bridgehead atoms. The first-order chi connectivity index (χ1) is 9.62. The van der Waals surface area contributed by atoms with Gasteiger partial charge in [-0.1, -0.05) is 26.8 Å². The average Bonchev–Trinajstić information content (AvgIpc) is 2.46. The molecule has 0 heterocycles. The highest BCUT2D eigenvalue weighted by Gasteiger charge is 2.14. The second-order valence-electron chi connectivity index (χ2n) is 5.41. The maximum Gasteiger partial charge on any atom is 0.129 e. The summed E-state index contributed by atoms with van der Waals surface area (Å²) in [6, 6.07) is 6.43. The van der Waals surface area contributed by atoms with Crippen molar-refractivity contribution in [3.05, 3.63) is 29.3 Å². The lowest BCUT2D eigenvalue weighted by atomic mass is 9.87. The second kappa shape index (κ2) is 8.78. The van der Waals surface area contributed by atoms with Crippen molar-refractivity contribution in [2.24, 2.45) is 0 Å². The van der Waals surface area contributed by atoms with Gasteiger partial charge in [0.2, 0.25) is 0 Å². The number of hydrogen-bond acceptors (Lipinski definition) is 2. The molecule has 0 aromatic heterocycles. The monoisotopic (exact) mass is 276 g/mol. The van der Waals surface area contributed by atoms with E-state index in [9.17, 15) is 4.79 Å². The number of carbonyl (C=O) groups is 1. The number of carbonyl (C=O) groups excluding carboxylic acids is 1. The number of Topliss-reactive ketones (excluding diaryl/α,β-unsaturated/α-hetero) is 1. The minimum Gasteiger partial charge on any atom is -0.494 e. The van der Waals surface area contributed by atoms with Crippen LogP contribution in [0.25, 0.3) is 0 Å². The lowest BCUT2D eigenvalue weighted by molar-refractivity contribution is -0.117. The standard InChI is InChI=1S/C18H28O2/c1-5-12-20-17-10-11-18(16(7-3)13-17)15(6-2)9-8-14(4)19/h10-11,13,15H,5-9,12H2,1-4H3. The number of hydrogen-bond donors (Lipinski definition) is 0.